The van der Waals surface area contributed by atoms with Gasteiger partial charge in [0.2, 0.25) is 5.91 Å². The molecule has 1 heterocycles. The number of hydrogen-bond donors (Lipinski definition) is 2. The smallest absolute Gasteiger partial charge is 0.308 e. The van der Waals surface area contributed by atoms with E-state index < -0.39 is 11.9 Å². The van der Waals surface area contributed by atoms with Gasteiger partial charge in [0, 0.05) is 25.7 Å². The van der Waals surface area contributed by atoms with Gasteiger partial charge >= 0.3 is 5.97 Å². The summed E-state index contributed by atoms with van der Waals surface area (Å²) < 4.78 is 5.32. The third-order valence-electron chi connectivity index (χ3n) is 4.80. The lowest BCUT2D eigenvalue weighted by atomic mass is 9.93. The lowest BCUT2D eigenvalue weighted by Crippen LogP contribution is -2.42. The van der Waals surface area contributed by atoms with E-state index in [9.17, 15) is 14.7 Å². The maximum Gasteiger partial charge on any atom is 0.308 e. The molecule has 2 atom stereocenters. The molecule has 2 aliphatic rings. The molecular formula is C16H27NO4. The van der Waals surface area contributed by atoms with Gasteiger partial charge in [-0.05, 0) is 38.0 Å². The molecule has 2 N–H and O–H groups in total. The lowest BCUT2D eigenvalue weighted by Gasteiger charge is -2.24. The van der Waals surface area contributed by atoms with Crippen molar-refractivity contribution in [3.63, 3.8) is 0 Å². The second kappa shape index (κ2) is 8.37. The molecule has 0 aromatic heterocycles. The fourth-order valence-corrected chi connectivity index (χ4v) is 3.43. The van der Waals surface area contributed by atoms with Gasteiger partial charge in [-0.2, -0.15) is 0 Å². The molecule has 1 aliphatic carbocycles. The molecule has 0 unspecified atom stereocenters. The van der Waals surface area contributed by atoms with Gasteiger partial charge < -0.3 is 15.2 Å². The summed E-state index contributed by atoms with van der Waals surface area (Å²) in [6.45, 7) is 1.60. The Morgan fingerprint density at radius 1 is 1.05 bits per heavy atom. The average molecular weight is 297 g/mol. The van der Waals surface area contributed by atoms with Crippen molar-refractivity contribution in [2.75, 3.05) is 13.2 Å². The van der Waals surface area contributed by atoms with Crippen molar-refractivity contribution < 1.29 is 19.4 Å². The monoisotopic (exact) mass is 297 g/mol. The summed E-state index contributed by atoms with van der Waals surface area (Å²) in [7, 11) is 0. The molecule has 1 saturated carbocycles. The summed E-state index contributed by atoms with van der Waals surface area (Å²) in [6.07, 6.45) is 7.97. The number of carboxylic acids is 1. The van der Waals surface area contributed by atoms with E-state index in [1.165, 1.54) is 0 Å². The van der Waals surface area contributed by atoms with Crippen LogP contribution in [0.15, 0.2) is 0 Å². The standard InChI is InChI=1S/C16H27NO4/c18-15(7-6-12-8-10-21-11-9-12)17-14-5-3-1-2-4-13(14)16(19)20/h12-14H,1-11H2,(H,17,18)(H,19,20)/t13-,14+/m1/s1. The third kappa shape index (κ3) is 5.30. The van der Waals surface area contributed by atoms with Gasteiger partial charge in [-0.25, -0.2) is 0 Å². The lowest BCUT2D eigenvalue weighted by molar-refractivity contribution is -0.143. The van der Waals surface area contributed by atoms with Crippen LogP contribution < -0.4 is 5.32 Å². The highest BCUT2D eigenvalue weighted by Gasteiger charge is 2.30. The quantitative estimate of drug-likeness (QED) is 0.764. The van der Waals surface area contributed by atoms with Crippen LogP contribution in [0, 0.1) is 11.8 Å². The van der Waals surface area contributed by atoms with Crippen molar-refractivity contribution in [2.45, 2.75) is 63.8 Å². The van der Waals surface area contributed by atoms with Crippen molar-refractivity contribution in [3.05, 3.63) is 0 Å². The average Bonchev–Trinajstić information content (AvgIpc) is 2.72. The van der Waals surface area contributed by atoms with Gasteiger partial charge in [0.25, 0.3) is 0 Å². The van der Waals surface area contributed by atoms with Crippen molar-refractivity contribution in [3.8, 4) is 0 Å². The molecule has 0 spiro atoms. The van der Waals surface area contributed by atoms with Gasteiger partial charge in [-0.3, -0.25) is 9.59 Å². The number of rotatable bonds is 5. The van der Waals surface area contributed by atoms with E-state index in [2.05, 4.69) is 5.32 Å². The zero-order valence-electron chi connectivity index (χ0n) is 12.7. The number of nitrogens with one attached hydrogen (secondary N) is 1. The molecule has 5 heteroatoms. The minimum Gasteiger partial charge on any atom is -0.481 e. The molecule has 5 nitrogen and oxygen atoms in total. The van der Waals surface area contributed by atoms with Gasteiger partial charge in [0.05, 0.1) is 5.92 Å². The minimum atomic E-state index is -0.772. The molecule has 1 amide bonds. The molecule has 120 valence electrons. The molecule has 2 fully saturated rings. The van der Waals surface area contributed by atoms with Crippen LogP contribution in [0.3, 0.4) is 0 Å². The van der Waals surface area contributed by atoms with Crippen LogP contribution in [0.2, 0.25) is 0 Å². The fourth-order valence-electron chi connectivity index (χ4n) is 3.43. The Kier molecular flexibility index (Phi) is 6.49. The Hall–Kier alpha value is -1.10. The van der Waals surface area contributed by atoms with Crippen LogP contribution in [0.5, 0.6) is 0 Å². The zero-order valence-corrected chi connectivity index (χ0v) is 12.7. The van der Waals surface area contributed by atoms with E-state index in [0.717, 1.165) is 58.2 Å². The maximum absolute atomic E-state index is 12.1. The molecule has 0 radical (unpaired) electrons. The van der Waals surface area contributed by atoms with E-state index in [1.54, 1.807) is 0 Å². The highest BCUT2D eigenvalue weighted by Crippen LogP contribution is 2.24. The second-order valence-corrected chi connectivity index (χ2v) is 6.35. The Bertz CT molecular complexity index is 352. The number of aliphatic carboxylic acids is 1. The Labute approximate surface area is 126 Å². The summed E-state index contributed by atoms with van der Waals surface area (Å²) in [5, 5.41) is 12.3. The van der Waals surface area contributed by atoms with E-state index in [0.29, 0.717) is 18.8 Å². The Balaban J connectivity index is 1.77. The van der Waals surface area contributed by atoms with Crippen molar-refractivity contribution in [1.82, 2.24) is 5.32 Å². The van der Waals surface area contributed by atoms with Gasteiger partial charge in [-0.15, -0.1) is 0 Å². The Morgan fingerprint density at radius 3 is 2.48 bits per heavy atom. The van der Waals surface area contributed by atoms with Crippen LogP contribution in [-0.4, -0.2) is 36.2 Å². The van der Waals surface area contributed by atoms with Gasteiger partial charge in [0.15, 0.2) is 0 Å². The Morgan fingerprint density at radius 2 is 1.76 bits per heavy atom. The highest BCUT2D eigenvalue weighted by molar-refractivity contribution is 5.78. The molecule has 21 heavy (non-hydrogen) atoms. The number of carboxylic acid groups (broad SMARTS) is 1. The summed E-state index contributed by atoms with van der Waals surface area (Å²) in [6, 6.07) is -0.188. The molecule has 0 aromatic carbocycles. The van der Waals surface area contributed by atoms with Crippen molar-refractivity contribution in [2.24, 2.45) is 11.8 Å². The maximum atomic E-state index is 12.1. The van der Waals surface area contributed by atoms with Crippen LogP contribution in [-0.2, 0) is 14.3 Å². The summed E-state index contributed by atoms with van der Waals surface area (Å²) in [5.74, 6) is -0.597. The predicted octanol–water partition coefficient (Wildman–Crippen LogP) is 2.34. The number of amides is 1. The molecule has 2 rings (SSSR count). The summed E-state index contributed by atoms with van der Waals surface area (Å²) in [5.41, 5.74) is 0. The van der Waals surface area contributed by atoms with E-state index in [-0.39, 0.29) is 11.9 Å². The van der Waals surface area contributed by atoms with Gasteiger partial charge in [-0.1, -0.05) is 19.3 Å². The van der Waals surface area contributed by atoms with E-state index in [1.807, 2.05) is 0 Å². The van der Waals surface area contributed by atoms with Crippen molar-refractivity contribution in [1.29, 1.82) is 0 Å². The number of carbonyl (C=O) groups excluding carboxylic acids is 1. The normalized spacial score (nSPS) is 27.8. The van der Waals surface area contributed by atoms with E-state index in [4.69, 9.17) is 4.74 Å². The summed E-state index contributed by atoms with van der Waals surface area (Å²) in [4.78, 5) is 23.4. The number of ether oxygens (including phenoxy) is 1. The van der Waals surface area contributed by atoms with Crippen LogP contribution >= 0.6 is 0 Å². The second-order valence-electron chi connectivity index (χ2n) is 6.35. The molecule has 1 aliphatic heterocycles. The third-order valence-corrected chi connectivity index (χ3v) is 4.80. The SMILES string of the molecule is O=C(CCC1CCOCC1)N[C@H]1CCCCC[C@H]1C(=O)O. The predicted molar refractivity (Wildman–Crippen MR) is 78.9 cm³/mol. The molecule has 0 aromatic rings. The largest absolute Gasteiger partial charge is 0.481 e. The first-order valence-corrected chi connectivity index (χ1v) is 8.26. The van der Waals surface area contributed by atoms with Crippen LogP contribution in [0.25, 0.3) is 0 Å². The van der Waals surface area contributed by atoms with Crippen LogP contribution in [0.4, 0.5) is 0 Å². The van der Waals surface area contributed by atoms with Gasteiger partial charge in [0.1, 0.15) is 0 Å². The van der Waals surface area contributed by atoms with Crippen molar-refractivity contribution >= 4 is 11.9 Å². The topological polar surface area (TPSA) is 75.6 Å². The first-order chi connectivity index (χ1) is 10.2. The van der Waals surface area contributed by atoms with E-state index >= 15 is 0 Å². The number of carbonyl (C=O) groups is 2. The first kappa shape index (κ1) is 16.3. The van der Waals surface area contributed by atoms with Crippen LogP contribution in [0.1, 0.15) is 57.8 Å². The molecular weight excluding hydrogens is 270 g/mol. The molecule has 0 bridgehead atoms. The zero-order chi connectivity index (χ0) is 15.1. The first-order valence-electron chi connectivity index (χ1n) is 8.26. The minimum absolute atomic E-state index is 0.0136. The summed E-state index contributed by atoms with van der Waals surface area (Å²) >= 11 is 0. The number of hydrogen-bond acceptors (Lipinski definition) is 3. The fraction of sp³-hybridized carbons (Fsp3) is 0.875. The highest BCUT2D eigenvalue weighted by atomic mass is 16.5. The molecule has 1 saturated heterocycles.